The number of nitrogens with one attached hydrogen (secondary N) is 2. The molecule has 17 heavy (non-hydrogen) atoms. The summed E-state index contributed by atoms with van der Waals surface area (Å²) in [5.41, 5.74) is 0.581. The van der Waals surface area contributed by atoms with Crippen LogP contribution < -0.4 is 10.0 Å². The second kappa shape index (κ2) is 5.03. The fourth-order valence-corrected chi connectivity index (χ4v) is 2.97. The molecule has 3 N–H and O–H groups in total. The fraction of sp³-hybridized carbons (Fsp3) is 0.455. The molecule has 1 aromatic carbocycles. The van der Waals surface area contributed by atoms with Gasteiger partial charge in [0, 0.05) is 18.2 Å². The maximum atomic E-state index is 11.7. The van der Waals surface area contributed by atoms with Crippen molar-refractivity contribution in [2.75, 3.05) is 12.3 Å². The zero-order chi connectivity index (χ0) is 12.3. The first-order chi connectivity index (χ1) is 8.07. The van der Waals surface area contributed by atoms with Crippen molar-refractivity contribution in [3.8, 4) is 5.75 Å². The summed E-state index contributed by atoms with van der Waals surface area (Å²) in [5.74, 6) is 0.206. The highest BCUT2D eigenvalue weighted by Crippen LogP contribution is 2.15. The van der Waals surface area contributed by atoms with Gasteiger partial charge < -0.3 is 10.4 Å². The van der Waals surface area contributed by atoms with Crippen LogP contribution in [0.2, 0.25) is 0 Å². The van der Waals surface area contributed by atoms with Crippen LogP contribution in [0, 0.1) is 0 Å². The van der Waals surface area contributed by atoms with E-state index < -0.39 is 10.0 Å². The molecule has 6 heteroatoms. The number of rotatable bonds is 5. The third-order valence-electron chi connectivity index (χ3n) is 2.82. The molecule has 1 saturated heterocycles. The van der Waals surface area contributed by atoms with Gasteiger partial charge in [0.25, 0.3) is 0 Å². The van der Waals surface area contributed by atoms with Crippen molar-refractivity contribution in [1.82, 2.24) is 10.0 Å². The molecule has 0 aliphatic carbocycles. The Bertz CT molecular complexity index is 483. The van der Waals surface area contributed by atoms with Gasteiger partial charge in [-0.3, -0.25) is 0 Å². The molecule has 0 radical (unpaired) electrons. The lowest BCUT2D eigenvalue weighted by atomic mass is 10.1. The van der Waals surface area contributed by atoms with Crippen molar-refractivity contribution in [3.63, 3.8) is 0 Å². The number of aromatic hydroxyl groups is 1. The maximum Gasteiger partial charge on any atom is 0.213 e. The highest BCUT2D eigenvalue weighted by Gasteiger charge is 2.23. The van der Waals surface area contributed by atoms with Crippen LogP contribution in [-0.2, 0) is 16.6 Å². The number of hydrogen-bond donors (Lipinski definition) is 3. The summed E-state index contributed by atoms with van der Waals surface area (Å²) < 4.78 is 25.9. The molecule has 0 saturated carbocycles. The van der Waals surface area contributed by atoms with E-state index in [1.165, 1.54) is 6.07 Å². The van der Waals surface area contributed by atoms with Gasteiger partial charge in [0.15, 0.2) is 0 Å². The maximum absolute atomic E-state index is 11.7. The third kappa shape index (κ3) is 3.42. The smallest absolute Gasteiger partial charge is 0.213 e. The van der Waals surface area contributed by atoms with Gasteiger partial charge in [0.2, 0.25) is 10.0 Å². The zero-order valence-corrected chi connectivity index (χ0v) is 10.2. The predicted octanol–water partition coefficient (Wildman–Crippen LogP) is 0.174. The average Bonchev–Trinajstić information content (AvgIpc) is 2.23. The van der Waals surface area contributed by atoms with E-state index in [1.807, 2.05) is 0 Å². The molecule has 1 heterocycles. The molecule has 2 rings (SSSR count). The van der Waals surface area contributed by atoms with Gasteiger partial charge in [-0.2, -0.15) is 0 Å². The molecule has 94 valence electrons. The predicted molar refractivity (Wildman–Crippen MR) is 65.1 cm³/mol. The molecule has 0 aromatic heterocycles. The van der Waals surface area contributed by atoms with Crippen LogP contribution in [0.5, 0.6) is 5.75 Å². The fourth-order valence-electron chi connectivity index (χ4n) is 1.66. The van der Waals surface area contributed by atoms with Crippen LogP contribution in [0.25, 0.3) is 0 Å². The average molecular weight is 256 g/mol. The standard InChI is InChI=1S/C11H16N2O3S/c14-11-4-2-1-3-9(11)7-13-17(15,16)8-10-5-6-12-10/h1-4,10,12-14H,5-8H2. The van der Waals surface area contributed by atoms with E-state index in [0.717, 1.165) is 13.0 Å². The lowest BCUT2D eigenvalue weighted by Gasteiger charge is -2.27. The van der Waals surface area contributed by atoms with Crippen molar-refractivity contribution in [2.24, 2.45) is 0 Å². The summed E-state index contributed by atoms with van der Waals surface area (Å²) in [6.07, 6.45) is 0.900. The van der Waals surface area contributed by atoms with Gasteiger partial charge in [0.1, 0.15) is 5.75 Å². The van der Waals surface area contributed by atoms with Crippen LogP contribution >= 0.6 is 0 Å². The van der Waals surface area contributed by atoms with Crippen LogP contribution in [0.15, 0.2) is 24.3 Å². The molecule has 1 aliphatic rings. The molecule has 1 atom stereocenters. The second-order valence-electron chi connectivity index (χ2n) is 4.17. The van der Waals surface area contributed by atoms with Crippen molar-refractivity contribution in [1.29, 1.82) is 0 Å². The molecule has 0 amide bonds. The van der Waals surface area contributed by atoms with Gasteiger partial charge in [-0.1, -0.05) is 18.2 Å². The Morgan fingerprint density at radius 3 is 2.71 bits per heavy atom. The largest absolute Gasteiger partial charge is 0.508 e. The van der Waals surface area contributed by atoms with Gasteiger partial charge >= 0.3 is 0 Å². The number of hydrogen-bond acceptors (Lipinski definition) is 4. The molecular weight excluding hydrogens is 240 g/mol. The Kier molecular flexibility index (Phi) is 3.66. The molecule has 1 fully saturated rings. The van der Waals surface area contributed by atoms with Crippen molar-refractivity contribution >= 4 is 10.0 Å². The molecular formula is C11H16N2O3S. The number of sulfonamides is 1. The van der Waals surface area contributed by atoms with E-state index >= 15 is 0 Å². The Hall–Kier alpha value is -1.11. The minimum atomic E-state index is -3.28. The van der Waals surface area contributed by atoms with Gasteiger partial charge in [-0.25, -0.2) is 13.1 Å². The second-order valence-corrected chi connectivity index (χ2v) is 6.02. The SMILES string of the molecule is O=S(=O)(CC1CCN1)NCc1ccccc1O. The van der Waals surface area contributed by atoms with E-state index in [0.29, 0.717) is 5.56 Å². The van der Waals surface area contributed by atoms with Crippen LogP contribution in [0.4, 0.5) is 0 Å². The monoisotopic (exact) mass is 256 g/mol. The minimum Gasteiger partial charge on any atom is -0.508 e. The Balaban J connectivity index is 1.90. The molecule has 5 nitrogen and oxygen atoms in total. The lowest BCUT2D eigenvalue weighted by molar-refractivity contribution is 0.397. The van der Waals surface area contributed by atoms with E-state index in [1.54, 1.807) is 18.2 Å². The Labute approximate surface area is 101 Å². The van der Waals surface area contributed by atoms with Gasteiger partial charge in [0.05, 0.1) is 5.75 Å². The Morgan fingerprint density at radius 2 is 2.12 bits per heavy atom. The zero-order valence-electron chi connectivity index (χ0n) is 9.39. The number of benzene rings is 1. The van der Waals surface area contributed by atoms with E-state index in [9.17, 15) is 13.5 Å². The summed E-state index contributed by atoms with van der Waals surface area (Å²) in [5, 5.41) is 12.5. The third-order valence-corrected chi connectivity index (χ3v) is 4.25. The lowest BCUT2D eigenvalue weighted by Crippen LogP contribution is -2.49. The van der Waals surface area contributed by atoms with Gasteiger partial charge in [-0.05, 0) is 19.0 Å². The minimum absolute atomic E-state index is 0.0665. The first-order valence-electron chi connectivity index (χ1n) is 5.54. The number of para-hydroxylation sites is 1. The number of phenols is 1. The summed E-state index contributed by atoms with van der Waals surface area (Å²) in [7, 11) is -3.28. The van der Waals surface area contributed by atoms with Crippen LogP contribution in [0.3, 0.4) is 0 Å². The summed E-state index contributed by atoms with van der Waals surface area (Å²) in [4.78, 5) is 0. The normalized spacial score (nSPS) is 19.9. The molecule has 1 aliphatic heterocycles. The van der Waals surface area contributed by atoms with E-state index in [2.05, 4.69) is 10.0 Å². The van der Waals surface area contributed by atoms with Crippen molar-refractivity contribution < 1.29 is 13.5 Å². The first-order valence-corrected chi connectivity index (χ1v) is 7.20. The topological polar surface area (TPSA) is 78.4 Å². The summed E-state index contributed by atoms with van der Waals surface area (Å²) in [6, 6.07) is 6.76. The van der Waals surface area contributed by atoms with Crippen molar-refractivity contribution in [3.05, 3.63) is 29.8 Å². The first kappa shape index (κ1) is 12.3. The molecule has 1 unspecified atom stereocenters. The molecule has 0 bridgehead atoms. The number of phenolic OH excluding ortho intramolecular Hbond substituents is 1. The highest BCUT2D eigenvalue weighted by molar-refractivity contribution is 7.89. The van der Waals surface area contributed by atoms with E-state index in [4.69, 9.17) is 0 Å². The quantitative estimate of drug-likeness (QED) is 0.702. The molecule has 0 spiro atoms. The van der Waals surface area contributed by atoms with Gasteiger partial charge in [-0.15, -0.1) is 0 Å². The molecule has 1 aromatic rings. The van der Waals surface area contributed by atoms with Crippen molar-refractivity contribution in [2.45, 2.75) is 19.0 Å². The van der Waals surface area contributed by atoms with Crippen LogP contribution in [-0.4, -0.2) is 31.9 Å². The van der Waals surface area contributed by atoms with Crippen LogP contribution in [0.1, 0.15) is 12.0 Å². The van der Waals surface area contributed by atoms with E-state index in [-0.39, 0.29) is 24.1 Å². The summed E-state index contributed by atoms with van der Waals surface area (Å²) in [6.45, 7) is 1.02. The Morgan fingerprint density at radius 1 is 1.41 bits per heavy atom. The summed E-state index contributed by atoms with van der Waals surface area (Å²) >= 11 is 0. The highest BCUT2D eigenvalue weighted by atomic mass is 32.2.